The lowest BCUT2D eigenvalue weighted by Gasteiger charge is -2.44. The monoisotopic (exact) mass is 253 g/mol. The van der Waals surface area contributed by atoms with Crippen molar-refractivity contribution in [1.82, 2.24) is 0 Å². The van der Waals surface area contributed by atoms with E-state index in [9.17, 15) is 4.79 Å². The van der Waals surface area contributed by atoms with Gasteiger partial charge in [0.25, 0.3) is 0 Å². The quantitative estimate of drug-likeness (QED) is 0.759. The first-order valence-corrected chi connectivity index (χ1v) is 6.03. The molecule has 0 aliphatic carbocycles. The number of hydrogen-bond acceptors (Lipinski definition) is 3. The van der Waals surface area contributed by atoms with Crippen LogP contribution >= 0.6 is 11.6 Å². The number of ether oxygens (including phenoxy) is 1. The van der Waals surface area contributed by atoms with Gasteiger partial charge < -0.3 is 9.64 Å². The van der Waals surface area contributed by atoms with Gasteiger partial charge in [-0.05, 0) is 26.0 Å². The maximum absolute atomic E-state index is 11.2. The van der Waals surface area contributed by atoms with Crippen molar-refractivity contribution in [1.29, 1.82) is 0 Å². The standard InChI is InChI=1S/C13H16ClNO2/c1-13(2)9-17-7-6-15(13)12-5-3-4-11(14)10(12)8-16/h3-5,8H,6-7,9H2,1-2H3. The second-order valence-electron chi connectivity index (χ2n) is 4.81. The zero-order valence-corrected chi connectivity index (χ0v) is 10.8. The van der Waals surface area contributed by atoms with Crippen LogP contribution in [0.3, 0.4) is 0 Å². The minimum atomic E-state index is -0.124. The highest BCUT2D eigenvalue weighted by Gasteiger charge is 2.32. The van der Waals surface area contributed by atoms with Crippen LogP contribution in [0.1, 0.15) is 24.2 Å². The molecule has 0 atom stereocenters. The summed E-state index contributed by atoms with van der Waals surface area (Å²) in [5.41, 5.74) is 1.32. The molecule has 17 heavy (non-hydrogen) atoms. The van der Waals surface area contributed by atoms with Crippen LogP contribution in [0.2, 0.25) is 5.02 Å². The summed E-state index contributed by atoms with van der Waals surface area (Å²) in [5.74, 6) is 0. The molecule has 2 rings (SSSR count). The van der Waals surface area contributed by atoms with E-state index in [4.69, 9.17) is 16.3 Å². The molecule has 92 valence electrons. The van der Waals surface area contributed by atoms with Crippen LogP contribution in [0.15, 0.2) is 18.2 Å². The van der Waals surface area contributed by atoms with Gasteiger partial charge in [-0.2, -0.15) is 0 Å². The molecule has 0 aromatic heterocycles. The summed E-state index contributed by atoms with van der Waals surface area (Å²) >= 11 is 6.05. The number of rotatable bonds is 2. The molecular formula is C13H16ClNO2. The van der Waals surface area contributed by atoms with Crippen LogP contribution in [0.4, 0.5) is 5.69 Å². The van der Waals surface area contributed by atoms with Crippen molar-refractivity contribution in [3.8, 4) is 0 Å². The van der Waals surface area contributed by atoms with Gasteiger partial charge in [-0.25, -0.2) is 0 Å². The largest absolute Gasteiger partial charge is 0.377 e. The number of aldehydes is 1. The van der Waals surface area contributed by atoms with Crippen LogP contribution in [0, 0.1) is 0 Å². The van der Waals surface area contributed by atoms with Gasteiger partial charge in [0.1, 0.15) is 0 Å². The van der Waals surface area contributed by atoms with Crippen molar-refractivity contribution < 1.29 is 9.53 Å². The minimum Gasteiger partial charge on any atom is -0.377 e. The number of halogens is 1. The average molecular weight is 254 g/mol. The Morgan fingerprint density at radius 3 is 2.88 bits per heavy atom. The number of anilines is 1. The third kappa shape index (κ3) is 2.31. The lowest BCUT2D eigenvalue weighted by molar-refractivity contribution is 0.0643. The zero-order chi connectivity index (χ0) is 12.5. The maximum Gasteiger partial charge on any atom is 0.153 e. The van der Waals surface area contributed by atoms with Gasteiger partial charge in [-0.15, -0.1) is 0 Å². The Morgan fingerprint density at radius 2 is 2.24 bits per heavy atom. The topological polar surface area (TPSA) is 29.5 Å². The Kier molecular flexibility index (Phi) is 3.40. The van der Waals surface area contributed by atoms with Crippen LogP contribution in [-0.2, 0) is 4.74 Å². The van der Waals surface area contributed by atoms with E-state index in [1.165, 1.54) is 0 Å². The third-order valence-electron chi connectivity index (χ3n) is 3.08. The second kappa shape index (κ2) is 4.67. The Morgan fingerprint density at radius 1 is 1.47 bits per heavy atom. The van der Waals surface area contributed by atoms with Gasteiger partial charge in [0.15, 0.2) is 6.29 Å². The van der Waals surface area contributed by atoms with Gasteiger partial charge >= 0.3 is 0 Å². The Hall–Kier alpha value is -1.06. The first-order valence-electron chi connectivity index (χ1n) is 5.65. The fraction of sp³-hybridized carbons (Fsp3) is 0.462. The summed E-state index contributed by atoms with van der Waals surface area (Å²) in [5, 5.41) is 0.500. The molecule has 3 nitrogen and oxygen atoms in total. The van der Waals surface area contributed by atoms with E-state index in [0.29, 0.717) is 23.8 Å². The molecule has 1 aliphatic heterocycles. The Bertz CT molecular complexity index is 431. The molecule has 0 amide bonds. The fourth-order valence-electron chi connectivity index (χ4n) is 2.18. The van der Waals surface area contributed by atoms with E-state index < -0.39 is 0 Å². The molecule has 0 unspecified atom stereocenters. The number of carbonyl (C=O) groups excluding carboxylic acids is 1. The summed E-state index contributed by atoms with van der Waals surface area (Å²) in [7, 11) is 0. The van der Waals surface area contributed by atoms with E-state index in [2.05, 4.69) is 18.7 Å². The molecule has 1 heterocycles. The molecular weight excluding hydrogens is 238 g/mol. The van der Waals surface area contributed by atoms with Crippen molar-refractivity contribution in [3.05, 3.63) is 28.8 Å². The van der Waals surface area contributed by atoms with Gasteiger partial charge in [-0.3, -0.25) is 4.79 Å². The summed E-state index contributed by atoms with van der Waals surface area (Å²) in [6.07, 6.45) is 0.823. The smallest absolute Gasteiger partial charge is 0.153 e. The lowest BCUT2D eigenvalue weighted by atomic mass is 10.00. The number of nitrogens with zero attached hydrogens (tertiary/aromatic N) is 1. The van der Waals surface area contributed by atoms with Crippen molar-refractivity contribution >= 4 is 23.6 Å². The highest BCUT2D eigenvalue weighted by atomic mass is 35.5. The highest BCUT2D eigenvalue weighted by molar-refractivity contribution is 6.33. The van der Waals surface area contributed by atoms with Crippen molar-refractivity contribution in [2.75, 3.05) is 24.7 Å². The molecule has 1 aliphatic rings. The van der Waals surface area contributed by atoms with E-state index in [1.54, 1.807) is 6.07 Å². The van der Waals surface area contributed by atoms with Crippen molar-refractivity contribution in [2.45, 2.75) is 19.4 Å². The molecule has 0 spiro atoms. The number of benzene rings is 1. The van der Waals surface area contributed by atoms with Crippen LogP contribution in [0.5, 0.6) is 0 Å². The summed E-state index contributed by atoms with van der Waals surface area (Å²) in [6.45, 7) is 6.30. The van der Waals surface area contributed by atoms with Crippen LogP contribution < -0.4 is 4.90 Å². The normalized spacial score (nSPS) is 19.1. The average Bonchev–Trinajstić information content (AvgIpc) is 2.28. The van der Waals surface area contributed by atoms with E-state index in [0.717, 1.165) is 18.5 Å². The number of hydrogen-bond donors (Lipinski definition) is 0. The molecule has 1 saturated heterocycles. The summed E-state index contributed by atoms with van der Waals surface area (Å²) < 4.78 is 5.48. The van der Waals surface area contributed by atoms with Crippen molar-refractivity contribution in [3.63, 3.8) is 0 Å². The summed E-state index contributed by atoms with van der Waals surface area (Å²) in [6, 6.07) is 5.54. The van der Waals surface area contributed by atoms with Crippen LogP contribution in [0.25, 0.3) is 0 Å². The Labute approximate surface area is 106 Å². The Balaban J connectivity index is 2.45. The fourth-order valence-corrected chi connectivity index (χ4v) is 2.40. The predicted molar refractivity (Wildman–Crippen MR) is 69.1 cm³/mol. The van der Waals surface area contributed by atoms with Crippen molar-refractivity contribution in [2.24, 2.45) is 0 Å². The second-order valence-corrected chi connectivity index (χ2v) is 5.21. The minimum absolute atomic E-state index is 0.124. The number of carbonyl (C=O) groups is 1. The van der Waals surface area contributed by atoms with Gasteiger partial charge in [0.05, 0.1) is 29.3 Å². The third-order valence-corrected chi connectivity index (χ3v) is 3.41. The summed E-state index contributed by atoms with van der Waals surface area (Å²) in [4.78, 5) is 13.3. The van der Waals surface area contributed by atoms with E-state index in [-0.39, 0.29) is 5.54 Å². The highest BCUT2D eigenvalue weighted by Crippen LogP contribution is 2.32. The van der Waals surface area contributed by atoms with Gasteiger partial charge in [0, 0.05) is 12.2 Å². The first-order chi connectivity index (χ1) is 8.06. The first kappa shape index (κ1) is 12.4. The molecule has 1 aromatic rings. The van der Waals surface area contributed by atoms with Gasteiger partial charge in [-0.1, -0.05) is 17.7 Å². The van der Waals surface area contributed by atoms with Crippen LogP contribution in [-0.4, -0.2) is 31.6 Å². The molecule has 1 fully saturated rings. The molecule has 4 heteroatoms. The zero-order valence-electron chi connectivity index (χ0n) is 10.1. The SMILES string of the molecule is CC1(C)COCCN1c1cccc(Cl)c1C=O. The molecule has 0 bridgehead atoms. The van der Waals surface area contributed by atoms with Gasteiger partial charge in [0.2, 0.25) is 0 Å². The predicted octanol–water partition coefficient (Wildman–Crippen LogP) is 2.77. The number of morpholine rings is 1. The van der Waals surface area contributed by atoms with E-state index >= 15 is 0 Å². The van der Waals surface area contributed by atoms with E-state index in [1.807, 2.05) is 12.1 Å². The molecule has 1 aromatic carbocycles. The molecule has 0 radical (unpaired) electrons. The molecule has 0 N–H and O–H groups in total. The molecule has 0 saturated carbocycles. The lowest BCUT2D eigenvalue weighted by Crippen LogP contribution is -2.53. The maximum atomic E-state index is 11.2.